The Kier molecular flexibility index (Phi) is 6.43. The monoisotopic (exact) mass is 357 g/mol. The fourth-order valence-electron chi connectivity index (χ4n) is 3.48. The molecule has 27 heavy (non-hydrogen) atoms. The zero-order valence-corrected chi connectivity index (χ0v) is 16.1. The maximum absolute atomic E-state index is 13.1. The van der Waals surface area contributed by atoms with Crippen LogP contribution in [0.4, 0.5) is 0 Å². The van der Waals surface area contributed by atoms with Crippen molar-refractivity contribution in [1.82, 2.24) is 4.90 Å². The molecule has 0 fully saturated rings. The van der Waals surface area contributed by atoms with Crippen LogP contribution in [0.2, 0.25) is 0 Å². The number of amides is 1. The zero-order chi connectivity index (χ0) is 19.1. The van der Waals surface area contributed by atoms with E-state index >= 15 is 0 Å². The molecule has 2 nitrogen and oxygen atoms in total. The third kappa shape index (κ3) is 4.85. The van der Waals surface area contributed by atoms with Gasteiger partial charge in [-0.25, -0.2) is 0 Å². The van der Waals surface area contributed by atoms with E-state index in [2.05, 4.69) is 62.4 Å². The number of aryl methyl sites for hydroxylation is 2. The third-order valence-electron chi connectivity index (χ3n) is 4.95. The Morgan fingerprint density at radius 2 is 1.33 bits per heavy atom. The molecule has 0 N–H and O–H groups in total. The molecule has 0 saturated carbocycles. The lowest BCUT2D eigenvalue weighted by atomic mass is 9.96. The molecule has 0 heterocycles. The van der Waals surface area contributed by atoms with Crippen molar-refractivity contribution in [3.63, 3.8) is 0 Å². The summed E-state index contributed by atoms with van der Waals surface area (Å²) in [5.41, 5.74) is 4.75. The molecule has 0 aromatic heterocycles. The van der Waals surface area contributed by atoms with Gasteiger partial charge in [-0.2, -0.15) is 0 Å². The Morgan fingerprint density at radius 1 is 0.815 bits per heavy atom. The van der Waals surface area contributed by atoms with Crippen molar-refractivity contribution in [1.29, 1.82) is 0 Å². The second-order valence-corrected chi connectivity index (χ2v) is 6.89. The molecule has 3 rings (SSSR count). The van der Waals surface area contributed by atoms with Gasteiger partial charge in [0.15, 0.2) is 0 Å². The van der Waals surface area contributed by atoms with Crippen LogP contribution in [0.3, 0.4) is 0 Å². The lowest BCUT2D eigenvalue weighted by Crippen LogP contribution is -2.35. The minimum absolute atomic E-state index is 0.0529. The van der Waals surface area contributed by atoms with Crippen LogP contribution in [0, 0.1) is 6.92 Å². The summed E-state index contributed by atoms with van der Waals surface area (Å²) >= 11 is 0. The van der Waals surface area contributed by atoms with E-state index in [0.29, 0.717) is 13.0 Å². The van der Waals surface area contributed by atoms with Gasteiger partial charge in [-0.1, -0.05) is 90.5 Å². The van der Waals surface area contributed by atoms with Crippen LogP contribution in [-0.2, 0) is 11.2 Å². The van der Waals surface area contributed by atoms with Crippen molar-refractivity contribution in [3.05, 3.63) is 107 Å². The average molecular weight is 357 g/mol. The molecular formula is C25H27NO. The Bertz CT molecular complexity index is 801. The van der Waals surface area contributed by atoms with E-state index in [4.69, 9.17) is 0 Å². The van der Waals surface area contributed by atoms with Crippen LogP contribution in [0.5, 0.6) is 0 Å². The van der Waals surface area contributed by atoms with E-state index in [1.165, 1.54) is 11.1 Å². The van der Waals surface area contributed by atoms with Gasteiger partial charge in [-0.05, 0) is 37.0 Å². The van der Waals surface area contributed by atoms with E-state index < -0.39 is 0 Å². The van der Waals surface area contributed by atoms with E-state index in [9.17, 15) is 4.79 Å². The number of nitrogens with zero attached hydrogens (tertiary/aromatic N) is 1. The summed E-state index contributed by atoms with van der Waals surface area (Å²) in [5.74, 6) is 0.191. The highest BCUT2D eigenvalue weighted by molar-refractivity contribution is 5.77. The van der Waals surface area contributed by atoms with Crippen LogP contribution in [-0.4, -0.2) is 17.4 Å². The summed E-state index contributed by atoms with van der Waals surface area (Å²) in [6.07, 6.45) is 1.29. The van der Waals surface area contributed by atoms with Crippen LogP contribution in [0.25, 0.3) is 0 Å². The maximum atomic E-state index is 13.1. The first-order valence-electron chi connectivity index (χ1n) is 9.64. The average Bonchev–Trinajstić information content (AvgIpc) is 2.72. The van der Waals surface area contributed by atoms with Crippen LogP contribution < -0.4 is 0 Å². The SMILES string of the molecule is CCN(C(=O)CCc1ccc(C)cc1)C(c1ccccc1)c1ccccc1. The van der Waals surface area contributed by atoms with Crippen LogP contribution >= 0.6 is 0 Å². The Balaban J connectivity index is 1.82. The van der Waals surface area contributed by atoms with Crippen molar-refractivity contribution in [3.8, 4) is 0 Å². The van der Waals surface area contributed by atoms with Gasteiger partial charge >= 0.3 is 0 Å². The molecule has 2 heteroatoms. The molecule has 3 aromatic carbocycles. The van der Waals surface area contributed by atoms with Crippen LogP contribution in [0.15, 0.2) is 84.9 Å². The Morgan fingerprint density at radius 3 is 1.81 bits per heavy atom. The molecule has 138 valence electrons. The van der Waals surface area contributed by atoms with Gasteiger partial charge in [-0.15, -0.1) is 0 Å². The first-order chi connectivity index (χ1) is 13.2. The Labute approximate surface area is 162 Å². The van der Waals surface area contributed by atoms with Crippen molar-refractivity contribution in [2.24, 2.45) is 0 Å². The molecule has 0 aliphatic heterocycles. The molecule has 0 aliphatic carbocycles. The van der Waals surface area contributed by atoms with Gasteiger partial charge in [0.1, 0.15) is 0 Å². The molecular weight excluding hydrogens is 330 g/mol. The first kappa shape index (κ1) is 18.9. The van der Waals surface area contributed by atoms with Crippen LogP contribution in [0.1, 0.15) is 41.6 Å². The third-order valence-corrected chi connectivity index (χ3v) is 4.95. The summed E-state index contributed by atoms with van der Waals surface area (Å²) in [4.78, 5) is 15.1. The number of carbonyl (C=O) groups is 1. The lowest BCUT2D eigenvalue weighted by Gasteiger charge is -2.32. The zero-order valence-electron chi connectivity index (χ0n) is 16.1. The van der Waals surface area contributed by atoms with Gasteiger partial charge in [0.05, 0.1) is 6.04 Å². The summed E-state index contributed by atoms with van der Waals surface area (Å²) < 4.78 is 0. The van der Waals surface area contributed by atoms with Crippen molar-refractivity contribution >= 4 is 5.91 Å². The van der Waals surface area contributed by atoms with E-state index in [1.54, 1.807) is 0 Å². The number of rotatable bonds is 7. The largest absolute Gasteiger partial charge is 0.332 e. The molecule has 0 unspecified atom stereocenters. The smallest absolute Gasteiger partial charge is 0.223 e. The van der Waals surface area contributed by atoms with Gasteiger partial charge < -0.3 is 4.90 Å². The molecule has 0 radical (unpaired) electrons. The van der Waals surface area contributed by atoms with Gasteiger partial charge in [0.25, 0.3) is 0 Å². The number of benzene rings is 3. The molecule has 0 bridgehead atoms. The Hall–Kier alpha value is -2.87. The quantitative estimate of drug-likeness (QED) is 0.542. The fraction of sp³-hybridized carbons (Fsp3) is 0.240. The number of hydrogen-bond acceptors (Lipinski definition) is 1. The minimum atomic E-state index is -0.0529. The maximum Gasteiger partial charge on any atom is 0.223 e. The van der Waals surface area contributed by atoms with Crippen molar-refractivity contribution in [2.45, 2.75) is 32.7 Å². The normalized spacial score (nSPS) is 10.8. The van der Waals surface area contributed by atoms with Gasteiger partial charge in [0.2, 0.25) is 5.91 Å². The summed E-state index contributed by atoms with van der Waals surface area (Å²) in [6, 6.07) is 29.0. The predicted molar refractivity (Wildman–Crippen MR) is 112 cm³/mol. The molecule has 0 saturated heterocycles. The van der Waals surface area contributed by atoms with E-state index in [0.717, 1.165) is 17.5 Å². The van der Waals surface area contributed by atoms with E-state index in [-0.39, 0.29) is 11.9 Å². The second kappa shape index (κ2) is 9.18. The molecule has 1 amide bonds. The number of carbonyl (C=O) groups excluding carboxylic acids is 1. The molecule has 0 aliphatic rings. The van der Waals surface area contributed by atoms with E-state index in [1.807, 2.05) is 41.3 Å². The minimum Gasteiger partial charge on any atom is -0.332 e. The van der Waals surface area contributed by atoms with Crippen molar-refractivity contribution < 1.29 is 4.79 Å². The second-order valence-electron chi connectivity index (χ2n) is 6.89. The van der Waals surface area contributed by atoms with Crippen molar-refractivity contribution in [2.75, 3.05) is 6.54 Å². The highest BCUT2D eigenvalue weighted by Gasteiger charge is 2.25. The fourth-order valence-corrected chi connectivity index (χ4v) is 3.48. The molecule has 0 spiro atoms. The highest BCUT2D eigenvalue weighted by atomic mass is 16.2. The molecule has 0 atom stereocenters. The van der Waals surface area contributed by atoms with Gasteiger partial charge in [0, 0.05) is 13.0 Å². The summed E-state index contributed by atoms with van der Waals surface area (Å²) in [5, 5.41) is 0. The summed E-state index contributed by atoms with van der Waals surface area (Å²) in [6.45, 7) is 4.82. The predicted octanol–water partition coefficient (Wildman–Crippen LogP) is 5.57. The highest BCUT2D eigenvalue weighted by Crippen LogP contribution is 2.29. The topological polar surface area (TPSA) is 20.3 Å². The number of hydrogen-bond donors (Lipinski definition) is 0. The first-order valence-corrected chi connectivity index (χ1v) is 9.64. The van der Waals surface area contributed by atoms with Gasteiger partial charge in [-0.3, -0.25) is 4.79 Å². The summed E-state index contributed by atoms with van der Waals surface area (Å²) in [7, 11) is 0. The standard InChI is InChI=1S/C25H27NO/c1-3-26(24(27)19-18-21-16-14-20(2)15-17-21)25(22-10-6-4-7-11-22)23-12-8-5-9-13-23/h4-17,25H,3,18-19H2,1-2H3. The lowest BCUT2D eigenvalue weighted by molar-refractivity contribution is -0.132. The molecule has 3 aromatic rings.